The van der Waals surface area contributed by atoms with Crippen molar-refractivity contribution < 1.29 is 0 Å². The summed E-state index contributed by atoms with van der Waals surface area (Å²) in [6, 6.07) is 0.318. The third-order valence-corrected chi connectivity index (χ3v) is 2.14. The van der Waals surface area contributed by atoms with Gasteiger partial charge in [-0.25, -0.2) is 0 Å². The van der Waals surface area contributed by atoms with E-state index in [0.29, 0.717) is 6.04 Å². The van der Waals surface area contributed by atoms with Crippen LogP contribution in [0.25, 0.3) is 0 Å². The fraction of sp³-hybridized carbons (Fsp3) is 0.750. The molecule has 0 aromatic carbocycles. The number of hydrogen-bond donors (Lipinski definition) is 0. The summed E-state index contributed by atoms with van der Waals surface area (Å²) < 4.78 is 0. The summed E-state index contributed by atoms with van der Waals surface area (Å²) in [4.78, 5) is 10.3. The third-order valence-electron chi connectivity index (χ3n) is 2.14. The van der Waals surface area contributed by atoms with Gasteiger partial charge < -0.3 is 0 Å². The van der Waals surface area contributed by atoms with Crippen LogP contribution >= 0.6 is 0 Å². The topological polar surface area (TPSA) is 32.7 Å². The van der Waals surface area contributed by atoms with E-state index in [0.717, 1.165) is 25.8 Å². The molecule has 0 amide bonds. The first-order chi connectivity index (χ1) is 5.38. The Hall–Kier alpha value is -0.860. The highest BCUT2D eigenvalue weighted by Crippen LogP contribution is 2.19. The van der Waals surface area contributed by atoms with Crippen molar-refractivity contribution in [3.05, 3.63) is 17.6 Å². The van der Waals surface area contributed by atoms with Crippen molar-refractivity contribution in [2.24, 2.45) is 5.29 Å². The molecule has 0 bridgehead atoms. The normalized spacial score (nSPS) is 24.7. The van der Waals surface area contributed by atoms with Crippen molar-refractivity contribution >= 4 is 0 Å². The summed E-state index contributed by atoms with van der Waals surface area (Å²) in [5.41, 5.74) is 0. The highest BCUT2D eigenvalue weighted by Gasteiger charge is 2.20. The maximum absolute atomic E-state index is 10.3. The van der Waals surface area contributed by atoms with Crippen LogP contribution in [0.2, 0.25) is 0 Å². The summed E-state index contributed by atoms with van der Waals surface area (Å²) in [7, 11) is 0. The molecular formula is C8H14N2O. The van der Waals surface area contributed by atoms with Gasteiger partial charge in [0.1, 0.15) is 0 Å². The first-order valence-electron chi connectivity index (χ1n) is 4.09. The molecule has 3 nitrogen and oxygen atoms in total. The van der Waals surface area contributed by atoms with Gasteiger partial charge in [0.2, 0.25) is 0 Å². The molecule has 1 aliphatic rings. The van der Waals surface area contributed by atoms with E-state index in [1.165, 1.54) is 6.42 Å². The molecule has 1 fully saturated rings. The summed E-state index contributed by atoms with van der Waals surface area (Å²) in [6.07, 6.45) is 6.13. The number of hydrogen-bond acceptors (Lipinski definition) is 2. The molecule has 0 spiro atoms. The standard InChI is InChI=1S/C8H14N2O/c1-2-5-8-6-3-4-7-10(8)9-11/h2,8H,1,3-7H2. The number of piperidine rings is 1. The van der Waals surface area contributed by atoms with Crippen LogP contribution in [-0.2, 0) is 0 Å². The van der Waals surface area contributed by atoms with E-state index in [1.807, 2.05) is 6.08 Å². The van der Waals surface area contributed by atoms with E-state index < -0.39 is 0 Å². The van der Waals surface area contributed by atoms with Crippen LogP contribution in [-0.4, -0.2) is 17.6 Å². The molecule has 1 saturated heterocycles. The fourth-order valence-electron chi connectivity index (χ4n) is 1.52. The van der Waals surface area contributed by atoms with Crippen molar-refractivity contribution in [1.29, 1.82) is 0 Å². The molecule has 1 unspecified atom stereocenters. The van der Waals surface area contributed by atoms with Crippen LogP contribution in [0.3, 0.4) is 0 Å². The first kappa shape index (κ1) is 8.24. The molecule has 62 valence electrons. The highest BCUT2D eigenvalue weighted by molar-refractivity contribution is 4.81. The Kier molecular flexibility index (Phi) is 3.08. The monoisotopic (exact) mass is 154 g/mol. The van der Waals surface area contributed by atoms with Gasteiger partial charge in [-0.2, -0.15) is 0 Å². The lowest BCUT2D eigenvalue weighted by Gasteiger charge is -2.29. The van der Waals surface area contributed by atoms with Crippen LogP contribution in [0, 0.1) is 4.91 Å². The lowest BCUT2D eigenvalue weighted by molar-refractivity contribution is 0.153. The first-order valence-corrected chi connectivity index (χ1v) is 4.09. The molecule has 1 atom stereocenters. The van der Waals surface area contributed by atoms with Crippen molar-refractivity contribution in [1.82, 2.24) is 5.01 Å². The molecule has 0 radical (unpaired) electrons. The molecule has 0 aromatic rings. The molecule has 11 heavy (non-hydrogen) atoms. The fourth-order valence-corrected chi connectivity index (χ4v) is 1.52. The Labute approximate surface area is 67.0 Å². The van der Waals surface area contributed by atoms with Gasteiger partial charge in [0, 0.05) is 6.54 Å². The van der Waals surface area contributed by atoms with E-state index in [9.17, 15) is 4.91 Å². The molecule has 0 aromatic heterocycles. The molecule has 0 N–H and O–H groups in total. The average Bonchev–Trinajstić information content (AvgIpc) is 2.06. The predicted octanol–water partition coefficient (Wildman–Crippen LogP) is 2.10. The van der Waals surface area contributed by atoms with E-state index in [4.69, 9.17) is 0 Å². The zero-order valence-corrected chi connectivity index (χ0v) is 6.70. The van der Waals surface area contributed by atoms with E-state index in [-0.39, 0.29) is 0 Å². The molecule has 1 heterocycles. The Bertz CT molecular complexity index is 147. The van der Waals surface area contributed by atoms with Crippen LogP contribution in [0.4, 0.5) is 0 Å². The Morgan fingerprint density at radius 1 is 1.64 bits per heavy atom. The minimum absolute atomic E-state index is 0.318. The van der Waals surface area contributed by atoms with Crippen molar-refractivity contribution in [2.45, 2.75) is 31.7 Å². The molecular weight excluding hydrogens is 140 g/mol. The van der Waals surface area contributed by atoms with Crippen molar-refractivity contribution in [3.63, 3.8) is 0 Å². The summed E-state index contributed by atoms with van der Waals surface area (Å²) in [5, 5.41) is 4.63. The van der Waals surface area contributed by atoms with Gasteiger partial charge in [0.25, 0.3) is 0 Å². The second-order valence-electron chi connectivity index (χ2n) is 2.92. The number of nitrogens with zero attached hydrogens (tertiary/aromatic N) is 2. The summed E-state index contributed by atoms with van der Waals surface area (Å²) in [5.74, 6) is 0. The van der Waals surface area contributed by atoms with Crippen LogP contribution in [0.15, 0.2) is 17.9 Å². The maximum atomic E-state index is 10.3. The van der Waals surface area contributed by atoms with Gasteiger partial charge in [-0.3, -0.25) is 5.01 Å². The van der Waals surface area contributed by atoms with Gasteiger partial charge >= 0.3 is 0 Å². The van der Waals surface area contributed by atoms with Gasteiger partial charge in [-0.05, 0) is 25.7 Å². The zero-order valence-electron chi connectivity index (χ0n) is 6.70. The quantitative estimate of drug-likeness (QED) is 0.460. The lowest BCUT2D eigenvalue weighted by atomic mass is 10.0. The lowest BCUT2D eigenvalue weighted by Crippen LogP contribution is -2.34. The third kappa shape index (κ3) is 2.03. The van der Waals surface area contributed by atoms with E-state index >= 15 is 0 Å². The van der Waals surface area contributed by atoms with Gasteiger partial charge in [0.05, 0.1) is 11.3 Å². The minimum Gasteiger partial charge on any atom is -0.258 e. The van der Waals surface area contributed by atoms with Gasteiger partial charge in [-0.15, -0.1) is 11.5 Å². The van der Waals surface area contributed by atoms with E-state index in [1.54, 1.807) is 5.01 Å². The summed E-state index contributed by atoms with van der Waals surface area (Å²) in [6.45, 7) is 4.47. The molecule has 0 saturated carbocycles. The molecule has 1 aliphatic heterocycles. The highest BCUT2D eigenvalue weighted by atomic mass is 16.3. The van der Waals surface area contributed by atoms with Crippen molar-refractivity contribution in [2.75, 3.05) is 6.54 Å². The minimum atomic E-state index is 0.318. The maximum Gasteiger partial charge on any atom is 0.0536 e. The van der Waals surface area contributed by atoms with Crippen molar-refractivity contribution in [3.8, 4) is 0 Å². The van der Waals surface area contributed by atoms with Crippen LogP contribution in [0.5, 0.6) is 0 Å². The SMILES string of the molecule is C=CCC1CCCCN1N=O. The van der Waals surface area contributed by atoms with Gasteiger partial charge in [-0.1, -0.05) is 6.08 Å². The molecule has 3 heteroatoms. The smallest absolute Gasteiger partial charge is 0.0536 e. The predicted molar refractivity (Wildman–Crippen MR) is 45.0 cm³/mol. The van der Waals surface area contributed by atoms with Crippen LogP contribution in [0.1, 0.15) is 25.7 Å². The summed E-state index contributed by atoms with van der Waals surface area (Å²) >= 11 is 0. The Morgan fingerprint density at radius 3 is 3.09 bits per heavy atom. The van der Waals surface area contributed by atoms with E-state index in [2.05, 4.69) is 11.9 Å². The number of rotatable bonds is 3. The second-order valence-corrected chi connectivity index (χ2v) is 2.92. The average molecular weight is 154 g/mol. The van der Waals surface area contributed by atoms with Gasteiger partial charge in [0.15, 0.2) is 0 Å². The number of nitroso groups, excluding NO2 is 1. The Morgan fingerprint density at radius 2 is 2.45 bits per heavy atom. The largest absolute Gasteiger partial charge is 0.258 e. The van der Waals surface area contributed by atoms with Crippen LogP contribution < -0.4 is 0 Å². The molecule has 0 aliphatic carbocycles. The Balaban J connectivity index is 2.43. The molecule has 1 rings (SSSR count). The second kappa shape index (κ2) is 4.11. The zero-order chi connectivity index (χ0) is 8.10.